The second-order valence-corrected chi connectivity index (χ2v) is 7.46. The molecule has 0 atom stereocenters. The highest BCUT2D eigenvalue weighted by Crippen LogP contribution is 2.17. The first-order valence-corrected chi connectivity index (χ1v) is 11.0. The summed E-state index contributed by atoms with van der Waals surface area (Å²) in [6.45, 7) is 2.05. The summed E-state index contributed by atoms with van der Waals surface area (Å²) in [6, 6.07) is 16.9. The number of carbonyl (C=O) groups is 1. The highest BCUT2D eigenvalue weighted by molar-refractivity contribution is 7.80. The van der Waals surface area contributed by atoms with Gasteiger partial charge in [0.15, 0.2) is 6.20 Å². The van der Waals surface area contributed by atoms with E-state index in [1.165, 1.54) is 0 Å². The van der Waals surface area contributed by atoms with E-state index in [0.717, 1.165) is 22.3 Å². The highest BCUT2D eigenvalue weighted by atomic mass is 32.1. The Bertz CT molecular complexity index is 979. The molecule has 0 aliphatic heterocycles. The highest BCUT2D eigenvalue weighted by Gasteiger charge is 2.13. The minimum Gasteiger partial charge on any atom is -0.399 e. The number of aliphatic hydroxyl groups is 2. The number of hydrogen-bond acceptors (Lipinski definition) is 7. The number of aromatic nitrogens is 1. The van der Waals surface area contributed by atoms with Gasteiger partial charge in [0, 0.05) is 54.6 Å². The Balaban J connectivity index is 0.000000235. The number of nitrogens with two attached hydrogens (primary N) is 2. The lowest BCUT2D eigenvalue weighted by molar-refractivity contribution is -0.658. The molecule has 172 valence electrons. The topological polar surface area (TPSA) is 129 Å². The van der Waals surface area contributed by atoms with Gasteiger partial charge in [0.2, 0.25) is 12.1 Å². The summed E-state index contributed by atoms with van der Waals surface area (Å²) in [7, 11) is 0. The second-order valence-electron chi connectivity index (χ2n) is 7.02. The maximum absolute atomic E-state index is 11.7. The fraction of sp³-hybridized carbons (Fsp3) is 0.304. The summed E-state index contributed by atoms with van der Waals surface area (Å²) in [5, 5.41) is 21.4. The maximum Gasteiger partial charge on any atom is 0.286 e. The third-order valence-electron chi connectivity index (χ3n) is 4.70. The van der Waals surface area contributed by atoms with Gasteiger partial charge in [-0.3, -0.25) is 4.79 Å². The fourth-order valence-corrected chi connectivity index (χ4v) is 3.28. The number of nitrogen functional groups attached to an aromatic ring is 2. The monoisotopic (exact) mass is 458 g/mol. The third kappa shape index (κ3) is 7.60. The number of fused-ring (bicyclic) bond motifs is 1. The van der Waals surface area contributed by atoms with Gasteiger partial charge < -0.3 is 31.9 Å². The Morgan fingerprint density at radius 1 is 1.00 bits per heavy atom. The molecule has 0 bridgehead atoms. The zero-order valence-corrected chi connectivity index (χ0v) is 18.9. The van der Waals surface area contributed by atoms with E-state index >= 15 is 0 Å². The first kappa shape index (κ1) is 25.3. The van der Waals surface area contributed by atoms with E-state index in [1.54, 1.807) is 12.1 Å². The maximum atomic E-state index is 11.7. The Morgan fingerprint density at radius 3 is 2.31 bits per heavy atom. The van der Waals surface area contributed by atoms with Gasteiger partial charge in [0.05, 0.1) is 18.6 Å². The van der Waals surface area contributed by atoms with Crippen molar-refractivity contribution < 1.29 is 19.6 Å². The molecule has 32 heavy (non-hydrogen) atoms. The zero-order valence-electron chi connectivity index (χ0n) is 18.0. The quantitative estimate of drug-likeness (QED) is 0.160. The van der Waals surface area contributed by atoms with Crippen LogP contribution in [0.25, 0.3) is 10.9 Å². The lowest BCUT2D eigenvalue weighted by Gasteiger charge is -2.22. The van der Waals surface area contributed by atoms with E-state index in [2.05, 4.69) is 17.9 Å². The van der Waals surface area contributed by atoms with Gasteiger partial charge in [-0.25, -0.2) is 0 Å². The van der Waals surface area contributed by atoms with Gasteiger partial charge >= 0.3 is 0 Å². The van der Waals surface area contributed by atoms with Gasteiger partial charge in [0.25, 0.3) is 5.91 Å². The number of hydrogen-bond donors (Lipinski definition) is 6. The van der Waals surface area contributed by atoms with Gasteiger partial charge in [-0.15, -0.1) is 0 Å². The Kier molecular flexibility index (Phi) is 10.6. The summed E-state index contributed by atoms with van der Waals surface area (Å²) < 4.78 is 1.89. The molecule has 0 unspecified atom stereocenters. The largest absolute Gasteiger partial charge is 0.399 e. The molecule has 0 spiro atoms. The fourth-order valence-electron chi connectivity index (χ4n) is 3.17. The predicted molar refractivity (Wildman–Crippen MR) is 133 cm³/mol. The number of thiol groups is 1. The summed E-state index contributed by atoms with van der Waals surface area (Å²) >= 11 is 4.06. The van der Waals surface area contributed by atoms with Gasteiger partial charge in [-0.1, -0.05) is 6.07 Å². The van der Waals surface area contributed by atoms with Crippen molar-refractivity contribution in [1.82, 2.24) is 5.32 Å². The van der Waals surface area contributed by atoms with Crippen molar-refractivity contribution in [2.75, 3.05) is 55.0 Å². The molecule has 7 N–H and O–H groups in total. The number of pyridine rings is 1. The van der Waals surface area contributed by atoms with E-state index < -0.39 is 0 Å². The lowest BCUT2D eigenvalue weighted by atomic mass is 10.2. The van der Waals surface area contributed by atoms with Crippen LogP contribution in [0.3, 0.4) is 0 Å². The molecule has 2 aromatic carbocycles. The number of nitrogens with zero attached hydrogens (tertiary/aromatic N) is 2. The summed E-state index contributed by atoms with van der Waals surface area (Å²) in [4.78, 5) is 13.6. The van der Waals surface area contributed by atoms with E-state index in [0.29, 0.717) is 31.1 Å². The minimum atomic E-state index is -0.0241. The van der Waals surface area contributed by atoms with Crippen molar-refractivity contribution in [1.29, 1.82) is 0 Å². The van der Waals surface area contributed by atoms with E-state index in [9.17, 15) is 4.79 Å². The van der Waals surface area contributed by atoms with Gasteiger partial charge in [-0.05, 0) is 36.4 Å². The van der Waals surface area contributed by atoms with Crippen molar-refractivity contribution in [3.8, 4) is 0 Å². The molecule has 3 rings (SSSR count). The Hall–Kier alpha value is -3.01. The van der Waals surface area contributed by atoms with Crippen molar-refractivity contribution in [3.05, 3.63) is 60.8 Å². The van der Waals surface area contributed by atoms with Crippen LogP contribution in [0.1, 0.15) is 0 Å². The summed E-state index contributed by atoms with van der Waals surface area (Å²) in [6.07, 6.45) is 1.88. The van der Waals surface area contributed by atoms with E-state index in [1.807, 2.05) is 58.1 Å². The number of benzene rings is 2. The second kappa shape index (κ2) is 13.4. The van der Waals surface area contributed by atoms with Gasteiger partial charge in [0.1, 0.15) is 0 Å². The number of amides is 1. The minimum absolute atomic E-state index is 0.0241. The lowest BCUT2D eigenvalue weighted by Crippen LogP contribution is -2.43. The van der Waals surface area contributed by atoms with Crippen molar-refractivity contribution in [2.24, 2.45) is 0 Å². The molecule has 0 saturated carbocycles. The van der Waals surface area contributed by atoms with Crippen LogP contribution in [-0.4, -0.2) is 54.7 Å². The van der Waals surface area contributed by atoms with Crippen LogP contribution < -0.4 is 26.3 Å². The molecule has 0 fully saturated rings. The molecule has 1 aromatic heterocycles. The van der Waals surface area contributed by atoms with Crippen LogP contribution in [0.5, 0.6) is 0 Å². The first-order valence-electron chi connectivity index (χ1n) is 10.4. The van der Waals surface area contributed by atoms with Crippen molar-refractivity contribution in [2.45, 2.75) is 6.54 Å². The molecule has 8 nitrogen and oxygen atoms in total. The molecule has 0 radical (unpaired) electrons. The molecule has 1 amide bonds. The van der Waals surface area contributed by atoms with Crippen LogP contribution in [0.15, 0.2) is 60.8 Å². The number of rotatable bonds is 9. The first-order chi connectivity index (χ1) is 15.5. The van der Waals surface area contributed by atoms with E-state index in [4.69, 9.17) is 21.7 Å². The van der Waals surface area contributed by atoms with Crippen LogP contribution in [0.4, 0.5) is 17.1 Å². The summed E-state index contributed by atoms with van der Waals surface area (Å²) in [5.74, 6) is 0.614. The SMILES string of the molecule is Nc1ccc(N(CCO)CCO)cc1.Nc1cccc2c1ccc[n+]2CC(=O)NCCS. The average molecular weight is 459 g/mol. The van der Waals surface area contributed by atoms with Crippen molar-refractivity contribution >= 4 is 46.5 Å². The molecule has 9 heteroatoms. The van der Waals surface area contributed by atoms with E-state index in [-0.39, 0.29) is 25.7 Å². The molecule has 0 saturated heterocycles. The number of nitrogens with one attached hydrogen (secondary N) is 1. The molecular formula is C23H32N5O3S+. The van der Waals surface area contributed by atoms with Crippen LogP contribution in [0, 0.1) is 0 Å². The number of carbonyl (C=O) groups excluding carboxylic acids is 1. The predicted octanol–water partition coefficient (Wildman–Crippen LogP) is 0.815. The van der Waals surface area contributed by atoms with Crippen molar-refractivity contribution in [3.63, 3.8) is 0 Å². The Labute approximate surface area is 193 Å². The van der Waals surface area contributed by atoms with Gasteiger partial charge in [-0.2, -0.15) is 17.2 Å². The van der Waals surface area contributed by atoms with Crippen LogP contribution >= 0.6 is 12.6 Å². The molecule has 1 heterocycles. The normalized spacial score (nSPS) is 10.3. The van der Waals surface area contributed by atoms with Crippen LogP contribution in [-0.2, 0) is 11.3 Å². The Morgan fingerprint density at radius 2 is 1.69 bits per heavy atom. The zero-order chi connectivity index (χ0) is 23.3. The third-order valence-corrected chi connectivity index (χ3v) is 4.92. The number of anilines is 3. The summed E-state index contributed by atoms with van der Waals surface area (Å²) in [5.41, 5.74) is 14.8. The smallest absolute Gasteiger partial charge is 0.286 e. The number of aliphatic hydroxyl groups excluding tert-OH is 2. The average Bonchev–Trinajstić information content (AvgIpc) is 2.79. The molecule has 3 aromatic rings. The molecule has 0 aliphatic carbocycles. The molecular weight excluding hydrogens is 426 g/mol. The standard InChI is InChI=1S/C13H15N3OS.C10H16N2O2/c14-11-4-1-5-12-10(11)3-2-7-16(12)9-13(17)15-6-8-18;11-9-1-3-10(4-2-9)12(5-7-13)6-8-14/h1-5,7,14H,6,8-9H2,(H2,15,17,18);1-4,13-14H,5-8,11H2/p+1. The molecule has 0 aliphatic rings. The van der Waals surface area contributed by atoms with Crippen LogP contribution in [0.2, 0.25) is 0 Å².